The van der Waals surface area contributed by atoms with Crippen molar-refractivity contribution < 1.29 is 8.42 Å². The van der Waals surface area contributed by atoms with E-state index >= 15 is 0 Å². The van der Waals surface area contributed by atoms with Crippen LogP contribution in [0.4, 0.5) is 0 Å². The number of hydrogen-bond donors (Lipinski definition) is 0. The highest BCUT2D eigenvalue weighted by molar-refractivity contribution is 7.89. The van der Waals surface area contributed by atoms with Crippen LogP contribution in [0.5, 0.6) is 0 Å². The smallest absolute Gasteiger partial charge is 0.243 e. The molecule has 0 bridgehead atoms. The van der Waals surface area contributed by atoms with Crippen LogP contribution in [-0.2, 0) is 17.1 Å². The predicted octanol–water partition coefficient (Wildman–Crippen LogP) is 5.58. The molecule has 31 heavy (non-hydrogen) atoms. The average molecular weight is 433 g/mol. The van der Waals surface area contributed by atoms with Crippen molar-refractivity contribution in [3.05, 3.63) is 71.4 Å². The maximum Gasteiger partial charge on any atom is 0.243 e. The van der Waals surface area contributed by atoms with Crippen LogP contribution in [0.1, 0.15) is 55.0 Å². The Morgan fingerprint density at radius 2 is 1.74 bits per heavy atom. The molecule has 1 aromatic heterocycles. The van der Waals surface area contributed by atoms with Gasteiger partial charge < -0.3 is 4.57 Å². The van der Waals surface area contributed by atoms with Crippen molar-refractivity contribution in [3.8, 4) is 0 Å². The number of sulfonamides is 1. The lowest BCUT2D eigenvalue weighted by atomic mass is 9.66. The summed E-state index contributed by atoms with van der Waals surface area (Å²) in [5, 5.41) is 1.20. The summed E-state index contributed by atoms with van der Waals surface area (Å²) in [5.41, 5.74) is 6.04. The maximum atomic E-state index is 14.0. The summed E-state index contributed by atoms with van der Waals surface area (Å²) in [6, 6.07) is 15.7. The topological polar surface area (TPSA) is 42.3 Å². The molecule has 2 heterocycles. The number of rotatable bonds is 2. The van der Waals surface area contributed by atoms with E-state index in [-0.39, 0.29) is 11.5 Å². The van der Waals surface area contributed by atoms with Crippen molar-refractivity contribution in [1.82, 2.24) is 8.87 Å². The van der Waals surface area contributed by atoms with Gasteiger partial charge in [0.2, 0.25) is 10.0 Å². The molecule has 2 aromatic carbocycles. The lowest BCUT2D eigenvalue weighted by Gasteiger charge is -2.48. The number of piperidine rings is 1. The van der Waals surface area contributed by atoms with Crippen LogP contribution in [0.25, 0.3) is 16.5 Å². The molecule has 5 heteroatoms. The molecule has 0 amide bonds. The largest absolute Gasteiger partial charge is 0.344 e. The molecular formula is C26H28N2O2S. The van der Waals surface area contributed by atoms with Crippen molar-refractivity contribution in [2.24, 2.45) is 12.5 Å². The summed E-state index contributed by atoms with van der Waals surface area (Å²) in [5.74, 6) is 0. The Labute approximate surface area is 184 Å². The second-order valence-electron chi connectivity index (χ2n) is 9.44. The first-order valence-electron chi connectivity index (χ1n) is 11.3. The molecule has 1 spiro atoms. The Bertz CT molecular complexity index is 1330. The van der Waals surface area contributed by atoms with Crippen LogP contribution in [-0.4, -0.2) is 23.8 Å². The molecule has 0 unspecified atom stereocenters. The fraction of sp³-hybridized carbons (Fsp3) is 0.385. The summed E-state index contributed by atoms with van der Waals surface area (Å²) < 4.78 is 32.1. The second-order valence-corrected chi connectivity index (χ2v) is 11.3. The highest BCUT2D eigenvalue weighted by Crippen LogP contribution is 2.66. The van der Waals surface area contributed by atoms with Gasteiger partial charge in [-0.15, -0.1) is 0 Å². The van der Waals surface area contributed by atoms with Crippen molar-refractivity contribution in [2.75, 3.05) is 6.54 Å². The summed E-state index contributed by atoms with van der Waals surface area (Å²) >= 11 is 0. The van der Waals surface area contributed by atoms with E-state index in [1.54, 1.807) is 12.1 Å². The van der Waals surface area contributed by atoms with Crippen LogP contribution >= 0.6 is 0 Å². The first-order chi connectivity index (χ1) is 14.9. The molecule has 0 radical (unpaired) electrons. The second kappa shape index (κ2) is 6.57. The zero-order valence-electron chi connectivity index (χ0n) is 18.1. The van der Waals surface area contributed by atoms with E-state index in [1.807, 2.05) is 23.4 Å². The average Bonchev–Trinajstić information content (AvgIpc) is 3.24. The van der Waals surface area contributed by atoms with Gasteiger partial charge in [0.05, 0.1) is 10.9 Å². The maximum absolute atomic E-state index is 14.0. The summed E-state index contributed by atoms with van der Waals surface area (Å²) in [6.45, 7) is 2.57. The Kier molecular flexibility index (Phi) is 4.09. The monoisotopic (exact) mass is 432 g/mol. The fourth-order valence-electron chi connectivity index (χ4n) is 6.52. The van der Waals surface area contributed by atoms with E-state index in [1.165, 1.54) is 27.7 Å². The molecule has 1 saturated heterocycles. The molecule has 0 N–H and O–H groups in total. The molecule has 2 atom stereocenters. The van der Waals surface area contributed by atoms with Gasteiger partial charge >= 0.3 is 0 Å². The molecular weight excluding hydrogens is 404 g/mol. The summed E-state index contributed by atoms with van der Waals surface area (Å²) in [6.07, 6.45) is 7.65. The SMILES string of the molecule is Cc1ccc(S(=O)(=O)N2CCC[C@]34CCCC=C3c3c(c5ccccc5n3C)[C@H]24)cc1. The van der Waals surface area contributed by atoms with Crippen LogP contribution in [0.15, 0.2) is 59.5 Å². The zero-order valence-corrected chi connectivity index (χ0v) is 19.0. The first-order valence-corrected chi connectivity index (χ1v) is 12.8. The van der Waals surface area contributed by atoms with Crippen molar-refractivity contribution in [1.29, 1.82) is 0 Å². The van der Waals surface area contributed by atoms with Crippen LogP contribution in [0.3, 0.4) is 0 Å². The molecule has 6 rings (SSSR count). The van der Waals surface area contributed by atoms with Crippen molar-refractivity contribution >= 4 is 26.5 Å². The van der Waals surface area contributed by atoms with Gasteiger partial charge in [0.1, 0.15) is 0 Å². The number of hydrogen-bond acceptors (Lipinski definition) is 2. The minimum Gasteiger partial charge on any atom is -0.344 e. The summed E-state index contributed by atoms with van der Waals surface area (Å²) in [7, 11) is -1.45. The molecule has 1 fully saturated rings. The van der Waals surface area contributed by atoms with E-state index in [9.17, 15) is 8.42 Å². The Hall–Kier alpha value is -2.37. The highest BCUT2D eigenvalue weighted by atomic mass is 32.2. The Balaban J connectivity index is 1.62. The predicted molar refractivity (Wildman–Crippen MR) is 124 cm³/mol. The number of aryl methyl sites for hydroxylation is 2. The third-order valence-corrected chi connectivity index (χ3v) is 9.71. The van der Waals surface area contributed by atoms with Crippen molar-refractivity contribution in [3.63, 3.8) is 0 Å². The zero-order chi connectivity index (χ0) is 21.4. The van der Waals surface area contributed by atoms with Gasteiger partial charge in [0.25, 0.3) is 0 Å². The third kappa shape index (κ3) is 2.48. The van der Waals surface area contributed by atoms with E-state index in [0.29, 0.717) is 11.4 Å². The van der Waals surface area contributed by atoms with Gasteiger partial charge in [-0.2, -0.15) is 4.31 Å². The minimum absolute atomic E-state index is 0.0965. The van der Waals surface area contributed by atoms with Gasteiger partial charge in [-0.05, 0) is 62.8 Å². The van der Waals surface area contributed by atoms with Crippen LogP contribution < -0.4 is 0 Å². The van der Waals surface area contributed by atoms with Gasteiger partial charge in [0.15, 0.2) is 0 Å². The number of allylic oxidation sites excluding steroid dienone is 1. The molecule has 4 nitrogen and oxygen atoms in total. The number of nitrogens with zero attached hydrogens (tertiary/aromatic N) is 2. The molecule has 1 aliphatic heterocycles. The standard InChI is InChI=1S/C26H28N2O2S/c1-18-11-13-19(14-12-18)31(29,30)28-17-7-16-26-15-6-5-9-21(26)24-23(25(26)28)20-8-3-4-10-22(20)27(24)2/h3-4,8-14,25H,5-7,15-17H2,1-2H3/t25-,26+/m0/s1. The molecule has 3 aliphatic rings. The molecule has 160 valence electrons. The first kappa shape index (κ1) is 19.3. The highest BCUT2D eigenvalue weighted by Gasteiger charge is 2.58. The Morgan fingerprint density at radius 1 is 1.00 bits per heavy atom. The quantitative estimate of drug-likeness (QED) is 0.530. The Morgan fingerprint density at radius 3 is 2.55 bits per heavy atom. The van der Waals surface area contributed by atoms with E-state index < -0.39 is 10.0 Å². The third-order valence-electron chi connectivity index (χ3n) is 7.83. The fourth-order valence-corrected chi connectivity index (χ4v) is 8.22. The number of aromatic nitrogens is 1. The van der Waals surface area contributed by atoms with Gasteiger partial charge in [-0.1, -0.05) is 42.0 Å². The number of para-hydroxylation sites is 1. The van der Waals surface area contributed by atoms with Crippen molar-refractivity contribution in [2.45, 2.75) is 50.0 Å². The number of benzene rings is 2. The minimum atomic E-state index is -3.59. The lowest BCUT2D eigenvalue weighted by molar-refractivity contribution is 0.116. The summed E-state index contributed by atoms with van der Waals surface area (Å²) in [4.78, 5) is 0.408. The molecule has 0 saturated carbocycles. The lowest BCUT2D eigenvalue weighted by Crippen LogP contribution is -2.47. The van der Waals surface area contributed by atoms with Crippen LogP contribution in [0, 0.1) is 12.3 Å². The van der Waals surface area contributed by atoms with Gasteiger partial charge in [-0.3, -0.25) is 0 Å². The van der Waals surface area contributed by atoms with Gasteiger partial charge in [-0.25, -0.2) is 8.42 Å². The molecule has 3 aromatic rings. The van der Waals surface area contributed by atoms with E-state index in [0.717, 1.165) is 37.7 Å². The molecule has 2 aliphatic carbocycles. The van der Waals surface area contributed by atoms with Crippen LogP contribution in [0.2, 0.25) is 0 Å². The van der Waals surface area contributed by atoms with E-state index in [4.69, 9.17) is 0 Å². The number of fused-ring (bicyclic) bond motifs is 5. The normalized spacial score (nSPS) is 25.7. The van der Waals surface area contributed by atoms with E-state index in [2.05, 4.69) is 42.0 Å². The van der Waals surface area contributed by atoms with Gasteiger partial charge in [0, 0.05) is 41.2 Å².